The number of hydrogen-bond donors (Lipinski definition) is 1. The summed E-state index contributed by atoms with van der Waals surface area (Å²) in [4.78, 5) is 12.4. The van der Waals surface area contributed by atoms with Crippen molar-refractivity contribution >= 4 is 5.91 Å². The van der Waals surface area contributed by atoms with Crippen LogP contribution >= 0.6 is 0 Å². The molecular formula is C21H27NO2. The van der Waals surface area contributed by atoms with Crippen molar-refractivity contribution in [3.05, 3.63) is 64.2 Å². The van der Waals surface area contributed by atoms with Gasteiger partial charge < -0.3 is 10.1 Å². The molecular weight excluding hydrogens is 298 g/mol. The van der Waals surface area contributed by atoms with E-state index < -0.39 is 6.10 Å². The molecule has 0 radical (unpaired) electrons. The molecule has 0 aromatic heterocycles. The number of rotatable bonds is 5. The summed E-state index contributed by atoms with van der Waals surface area (Å²) >= 11 is 0. The third kappa shape index (κ3) is 4.38. The molecule has 2 aromatic rings. The van der Waals surface area contributed by atoms with Gasteiger partial charge in [-0.15, -0.1) is 0 Å². The molecule has 0 spiro atoms. The van der Waals surface area contributed by atoms with E-state index in [4.69, 9.17) is 4.74 Å². The Morgan fingerprint density at radius 1 is 0.917 bits per heavy atom. The van der Waals surface area contributed by atoms with Crippen LogP contribution in [0.25, 0.3) is 0 Å². The standard InChI is InChI=1S/C21H27NO2/c1-13-7-9-19(10-8-13)24-18(6)21(23)22-17(5)20-12-15(3)14(2)11-16(20)4/h7-12,17-18H,1-6H3,(H,22,23)/t17-,18-/m0/s1. The first-order valence-electron chi connectivity index (χ1n) is 8.39. The van der Waals surface area contributed by atoms with E-state index in [2.05, 4.69) is 38.2 Å². The minimum atomic E-state index is -0.540. The molecule has 0 aliphatic carbocycles. The first kappa shape index (κ1) is 18.1. The van der Waals surface area contributed by atoms with Crippen LogP contribution in [0.15, 0.2) is 36.4 Å². The van der Waals surface area contributed by atoms with Gasteiger partial charge in [0, 0.05) is 0 Å². The van der Waals surface area contributed by atoms with Crippen LogP contribution in [0.2, 0.25) is 0 Å². The van der Waals surface area contributed by atoms with E-state index in [1.807, 2.05) is 38.1 Å². The van der Waals surface area contributed by atoms with Crippen LogP contribution < -0.4 is 10.1 Å². The molecule has 0 bridgehead atoms. The summed E-state index contributed by atoms with van der Waals surface area (Å²) in [6, 6.07) is 12.0. The number of carbonyl (C=O) groups is 1. The van der Waals surface area contributed by atoms with Crippen LogP contribution in [0.5, 0.6) is 5.75 Å². The number of amides is 1. The van der Waals surface area contributed by atoms with Crippen molar-refractivity contribution in [3.8, 4) is 5.75 Å². The zero-order chi connectivity index (χ0) is 17.9. The first-order valence-corrected chi connectivity index (χ1v) is 8.39. The number of nitrogens with one attached hydrogen (secondary N) is 1. The van der Waals surface area contributed by atoms with E-state index in [1.165, 1.54) is 22.3 Å². The van der Waals surface area contributed by atoms with Crippen molar-refractivity contribution in [1.29, 1.82) is 0 Å². The molecule has 0 heterocycles. The van der Waals surface area contributed by atoms with Gasteiger partial charge in [0.05, 0.1) is 6.04 Å². The number of ether oxygens (including phenoxy) is 1. The number of hydrogen-bond acceptors (Lipinski definition) is 2. The van der Waals surface area contributed by atoms with Gasteiger partial charge in [0.15, 0.2) is 6.10 Å². The summed E-state index contributed by atoms with van der Waals surface area (Å²) in [5.41, 5.74) is 6.01. The van der Waals surface area contributed by atoms with E-state index in [-0.39, 0.29) is 11.9 Å². The molecule has 3 nitrogen and oxygen atoms in total. The average molecular weight is 325 g/mol. The second-order valence-electron chi connectivity index (χ2n) is 6.60. The molecule has 0 unspecified atom stereocenters. The van der Waals surface area contributed by atoms with Gasteiger partial charge in [0.1, 0.15) is 5.75 Å². The lowest BCUT2D eigenvalue weighted by Gasteiger charge is -2.21. The zero-order valence-corrected chi connectivity index (χ0v) is 15.4. The minimum absolute atomic E-state index is 0.0548. The highest BCUT2D eigenvalue weighted by atomic mass is 16.5. The zero-order valence-electron chi connectivity index (χ0n) is 15.4. The van der Waals surface area contributed by atoms with Crippen LogP contribution in [0, 0.1) is 27.7 Å². The maximum absolute atomic E-state index is 12.4. The quantitative estimate of drug-likeness (QED) is 0.875. The van der Waals surface area contributed by atoms with Crippen molar-refractivity contribution in [3.63, 3.8) is 0 Å². The fourth-order valence-electron chi connectivity index (χ4n) is 2.73. The first-order chi connectivity index (χ1) is 11.3. The van der Waals surface area contributed by atoms with Gasteiger partial charge >= 0.3 is 0 Å². The molecule has 1 N–H and O–H groups in total. The molecule has 0 aliphatic heterocycles. The topological polar surface area (TPSA) is 38.3 Å². The predicted molar refractivity (Wildman–Crippen MR) is 98.5 cm³/mol. The molecule has 128 valence electrons. The van der Waals surface area contributed by atoms with Gasteiger partial charge in [-0.1, -0.05) is 29.8 Å². The maximum Gasteiger partial charge on any atom is 0.261 e. The van der Waals surface area contributed by atoms with Crippen LogP contribution in [-0.2, 0) is 4.79 Å². The molecule has 2 atom stereocenters. The van der Waals surface area contributed by atoms with Gasteiger partial charge in [-0.2, -0.15) is 0 Å². The van der Waals surface area contributed by atoms with Crippen LogP contribution in [-0.4, -0.2) is 12.0 Å². The number of benzene rings is 2. The van der Waals surface area contributed by atoms with Gasteiger partial charge in [0.2, 0.25) is 0 Å². The fourth-order valence-corrected chi connectivity index (χ4v) is 2.73. The largest absolute Gasteiger partial charge is 0.481 e. The lowest BCUT2D eigenvalue weighted by atomic mass is 9.96. The number of carbonyl (C=O) groups excluding carboxylic acids is 1. The van der Waals surface area contributed by atoms with Crippen molar-refractivity contribution in [2.75, 3.05) is 0 Å². The second kappa shape index (κ2) is 7.52. The van der Waals surface area contributed by atoms with Gasteiger partial charge in [-0.25, -0.2) is 0 Å². The Bertz CT molecular complexity index is 719. The summed E-state index contributed by atoms with van der Waals surface area (Å²) in [6.45, 7) is 12.1. The van der Waals surface area contributed by atoms with Crippen molar-refractivity contribution in [2.24, 2.45) is 0 Å². The summed E-state index contributed by atoms with van der Waals surface area (Å²) < 4.78 is 5.73. The highest BCUT2D eigenvalue weighted by molar-refractivity contribution is 5.81. The molecule has 3 heteroatoms. The summed E-state index contributed by atoms with van der Waals surface area (Å²) in [6.07, 6.45) is -0.540. The molecule has 2 rings (SSSR count). The molecule has 2 aromatic carbocycles. The minimum Gasteiger partial charge on any atom is -0.481 e. The highest BCUT2D eigenvalue weighted by Crippen LogP contribution is 2.22. The Hall–Kier alpha value is -2.29. The van der Waals surface area contributed by atoms with E-state index >= 15 is 0 Å². The van der Waals surface area contributed by atoms with E-state index in [1.54, 1.807) is 6.92 Å². The Morgan fingerprint density at radius 2 is 1.50 bits per heavy atom. The monoisotopic (exact) mass is 325 g/mol. The van der Waals surface area contributed by atoms with E-state index in [0.29, 0.717) is 5.75 Å². The second-order valence-corrected chi connectivity index (χ2v) is 6.60. The van der Waals surface area contributed by atoms with Gasteiger partial charge in [-0.3, -0.25) is 4.79 Å². The molecule has 0 aliphatic rings. The Kier molecular flexibility index (Phi) is 5.66. The third-order valence-corrected chi connectivity index (χ3v) is 4.41. The summed E-state index contributed by atoms with van der Waals surface area (Å²) in [5.74, 6) is 0.596. The Morgan fingerprint density at radius 3 is 2.12 bits per heavy atom. The summed E-state index contributed by atoms with van der Waals surface area (Å²) in [5, 5.41) is 3.05. The molecule has 1 amide bonds. The van der Waals surface area contributed by atoms with Crippen molar-refractivity contribution in [1.82, 2.24) is 5.32 Å². The smallest absolute Gasteiger partial charge is 0.261 e. The molecule has 0 saturated carbocycles. The van der Waals surface area contributed by atoms with E-state index in [9.17, 15) is 4.79 Å². The SMILES string of the molecule is Cc1ccc(O[C@@H](C)C(=O)N[C@@H](C)c2cc(C)c(C)cc2C)cc1. The molecule has 0 fully saturated rings. The Labute approximate surface area is 145 Å². The number of aryl methyl sites for hydroxylation is 4. The van der Waals surface area contributed by atoms with Gasteiger partial charge in [0.25, 0.3) is 5.91 Å². The predicted octanol–water partition coefficient (Wildman–Crippen LogP) is 4.56. The van der Waals surface area contributed by atoms with Crippen LogP contribution in [0.1, 0.15) is 47.7 Å². The third-order valence-electron chi connectivity index (χ3n) is 4.41. The summed E-state index contributed by atoms with van der Waals surface area (Å²) in [7, 11) is 0. The van der Waals surface area contributed by atoms with Crippen LogP contribution in [0.3, 0.4) is 0 Å². The van der Waals surface area contributed by atoms with E-state index in [0.717, 1.165) is 5.56 Å². The highest BCUT2D eigenvalue weighted by Gasteiger charge is 2.19. The Balaban J connectivity index is 2.03. The normalized spacial score (nSPS) is 13.2. The van der Waals surface area contributed by atoms with Crippen LogP contribution in [0.4, 0.5) is 0 Å². The lowest BCUT2D eigenvalue weighted by molar-refractivity contribution is -0.127. The fraction of sp³-hybridized carbons (Fsp3) is 0.381. The molecule has 24 heavy (non-hydrogen) atoms. The average Bonchev–Trinajstić information content (AvgIpc) is 2.52. The van der Waals surface area contributed by atoms with Crippen molar-refractivity contribution < 1.29 is 9.53 Å². The lowest BCUT2D eigenvalue weighted by Crippen LogP contribution is -2.38. The maximum atomic E-state index is 12.4. The molecule has 0 saturated heterocycles. The van der Waals surface area contributed by atoms with Gasteiger partial charge in [-0.05, 0) is 75.9 Å². The van der Waals surface area contributed by atoms with Crippen molar-refractivity contribution in [2.45, 2.75) is 53.7 Å².